The molecule has 1 fully saturated rings. The number of aryl methyl sites for hydroxylation is 1. The minimum Gasteiger partial charge on any atom is -0.370 e. The summed E-state index contributed by atoms with van der Waals surface area (Å²) in [6.45, 7) is 3.89. The van der Waals surface area contributed by atoms with E-state index in [9.17, 15) is 9.59 Å². The average molecular weight is 433 g/mol. The highest BCUT2D eigenvalue weighted by molar-refractivity contribution is 6.05. The number of anilines is 3. The molecule has 2 amide bonds. The van der Waals surface area contributed by atoms with Crippen LogP contribution < -0.4 is 15.5 Å². The average Bonchev–Trinajstić information content (AvgIpc) is 3.44. The lowest BCUT2D eigenvalue weighted by atomic mass is 10.2. The van der Waals surface area contributed by atoms with Crippen molar-refractivity contribution in [3.63, 3.8) is 0 Å². The maximum absolute atomic E-state index is 12.6. The summed E-state index contributed by atoms with van der Waals surface area (Å²) in [5.74, 6) is -0.506. The Morgan fingerprint density at radius 3 is 2.19 bits per heavy atom. The van der Waals surface area contributed by atoms with Gasteiger partial charge in [0, 0.05) is 47.5 Å². The van der Waals surface area contributed by atoms with Crippen molar-refractivity contribution >= 4 is 28.9 Å². The molecule has 0 radical (unpaired) electrons. The molecular weight excluding hydrogens is 404 g/mol. The van der Waals surface area contributed by atoms with Gasteiger partial charge in [0.15, 0.2) is 5.69 Å². The first kappa shape index (κ1) is 21.6. The van der Waals surface area contributed by atoms with E-state index in [2.05, 4.69) is 44.7 Å². The van der Waals surface area contributed by atoms with Crippen molar-refractivity contribution in [2.24, 2.45) is 0 Å². The molecule has 1 unspecified atom stereocenters. The van der Waals surface area contributed by atoms with Crippen molar-refractivity contribution in [1.82, 2.24) is 15.1 Å². The van der Waals surface area contributed by atoms with Crippen molar-refractivity contribution in [2.45, 2.75) is 19.4 Å². The molecule has 2 heterocycles. The van der Waals surface area contributed by atoms with Gasteiger partial charge in [0.25, 0.3) is 11.8 Å². The number of nitrogens with one attached hydrogen (secondary N) is 3. The highest BCUT2D eigenvalue weighted by atomic mass is 16.2. The Balaban J connectivity index is 1.33. The quantitative estimate of drug-likeness (QED) is 0.555. The fraction of sp³-hybridized carbons (Fsp3) is 0.292. The molecule has 1 aromatic heterocycles. The molecule has 1 atom stereocenters. The van der Waals surface area contributed by atoms with Gasteiger partial charge in [-0.2, -0.15) is 5.10 Å². The first-order valence-electron chi connectivity index (χ1n) is 10.7. The number of hydrogen-bond donors (Lipinski definition) is 3. The molecule has 32 heavy (non-hydrogen) atoms. The van der Waals surface area contributed by atoms with Crippen molar-refractivity contribution in [2.75, 3.05) is 42.7 Å². The number of benzene rings is 2. The number of hydrogen-bond acceptors (Lipinski definition) is 5. The van der Waals surface area contributed by atoms with Gasteiger partial charge in [0.2, 0.25) is 0 Å². The summed E-state index contributed by atoms with van der Waals surface area (Å²) in [4.78, 5) is 29.4. The van der Waals surface area contributed by atoms with Crippen LogP contribution in [0.1, 0.15) is 33.0 Å². The predicted octanol–water partition coefficient (Wildman–Crippen LogP) is 3.36. The smallest absolute Gasteiger partial charge is 0.276 e. The zero-order valence-electron chi connectivity index (χ0n) is 18.6. The molecule has 0 saturated carbocycles. The van der Waals surface area contributed by atoms with Crippen LogP contribution in [0.3, 0.4) is 0 Å². The molecule has 3 aromatic rings. The highest BCUT2D eigenvalue weighted by Gasteiger charge is 2.24. The molecule has 2 aromatic carbocycles. The number of aromatic amines is 1. The summed E-state index contributed by atoms with van der Waals surface area (Å²) in [5.41, 5.74) is 4.15. The highest BCUT2D eigenvalue weighted by Crippen LogP contribution is 2.24. The molecule has 4 rings (SSSR count). The van der Waals surface area contributed by atoms with Crippen LogP contribution in [0.25, 0.3) is 0 Å². The molecule has 166 valence electrons. The Kier molecular flexibility index (Phi) is 6.23. The second-order valence-electron chi connectivity index (χ2n) is 8.32. The summed E-state index contributed by atoms with van der Waals surface area (Å²) in [7, 11) is 4.24. The van der Waals surface area contributed by atoms with E-state index in [0.717, 1.165) is 30.9 Å². The van der Waals surface area contributed by atoms with Gasteiger partial charge in [-0.1, -0.05) is 0 Å². The molecule has 0 aliphatic carbocycles. The number of aromatic nitrogens is 2. The zero-order chi connectivity index (χ0) is 22.7. The molecule has 8 heteroatoms. The molecule has 0 spiro atoms. The Bertz CT molecular complexity index is 1090. The molecule has 1 aliphatic heterocycles. The Labute approximate surface area is 187 Å². The van der Waals surface area contributed by atoms with E-state index in [1.807, 2.05) is 31.2 Å². The maximum Gasteiger partial charge on any atom is 0.276 e. The van der Waals surface area contributed by atoms with Crippen molar-refractivity contribution in [3.8, 4) is 0 Å². The predicted molar refractivity (Wildman–Crippen MR) is 126 cm³/mol. The molecule has 3 N–H and O–H groups in total. The topological polar surface area (TPSA) is 93.4 Å². The third-order valence-electron chi connectivity index (χ3n) is 5.73. The first-order chi connectivity index (χ1) is 15.4. The van der Waals surface area contributed by atoms with Crippen molar-refractivity contribution in [3.05, 3.63) is 71.5 Å². The van der Waals surface area contributed by atoms with Crippen LogP contribution in [0, 0.1) is 6.92 Å². The van der Waals surface area contributed by atoms with E-state index >= 15 is 0 Å². The van der Waals surface area contributed by atoms with Gasteiger partial charge in [-0.25, -0.2) is 0 Å². The Morgan fingerprint density at radius 2 is 1.62 bits per heavy atom. The van der Waals surface area contributed by atoms with Crippen LogP contribution in [-0.4, -0.2) is 60.1 Å². The van der Waals surface area contributed by atoms with Crippen LogP contribution in [0.5, 0.6) is 0 Å². The monoisotopic (exact) mass is 432 g/mol. The van der Waals surface area contributed by atoms with E-state index in [1.165, 1.54) is 5.69 Å². The SMILES string of the molecule is Cc1cc(C(=O)Nc2ccc(C(=O)Nc3ccc(N4CCC(N(C)C)C4)cc3)cc2)n[nH]1. The number of rotatable bonds is 6. The fourth-order valence-electron chi connectivity index (χ4n) is 3.79. The number of amides is 2. The molecule has 8 nitrogen and oxygen atoms in total. The lowest BCUT2D eigenvalue weighted by molar-refractivity contribution is 0.101. The van der Waals surface area contributed by atoms with Crippen molar-refractivity contribution in [1.29, 1.82) is 0 Å². The zero-order valence-corrected chi connectivity index (χ0v) is 18.6. The normalized spacial score (nSPS) is 15.8. The Morgan fingerprint density at radius 1 is 1.00 bits per heavy atom. The number of carbonyl (C=O) groups is 2. The van der Waals surface area contributed by atoms with E-state index < -0.39 is 0 Å². The summed E-state index contributed by atoms with van der Waals surface area (Å²) in [5, 5.41) is 12.4. The fourth-order valence-corrected chi connectivity index (χ4v) is 3.79. The second kappa shape index (κ2) is 9.23. The maximum atomic E-state index is 12.6. The van der Waals surface area contributed by atoms with Gasteiger partial charge in [0.1, 0.15) is 0 Å². The molecule has 1 aliphatic rings. The van der Waals surface area contributed by atoms with Crippen molar-refractivity contribution < 1.29 is 9.59 Å². The van der Waals surface area contributed by atoms with Gasteiger partial charge < -0.3 is 20.4 Å². The molecule has 0 bridgehead atoms. The lowest BCUT2D eigenvalue weighted by Gasteiger charge is -2.22. The summed E-state index contributed by atoms with van der Waals surface area (Å²) < 4.78 is 0. The van der Waals surface area contributed by atoms with Gasteiger partial charge in [0.05, 0.1) is 0 Å². The number of likely N-dealkylation sites (N-methyl/N-ethyl adjacent to an activating group) is 1. The van der Waals surface area contributed by atoms with Gasteiger partial charge in [-0.05, 0) is 82.0 Å². The van der Waals surface area contributed by atoms with Crippen LogP contribution >= 0.6 is 0 Å². The van der Waals surface area contributed by atoms with E-state index in [-0.39, 0.29) is 11.8 Å². The minimum atomic E-state index is -0.304. The number of nitrogens with zero attached hydrogens (tertiary/aromatic N) is 3. The van der Waals surface area contributed by atoms with Crippen LogP contribution in [0.15, 0.2) is 54.6 Å². The second-order valence-corrected chi connectivity index (χ2v) is 8.32. The third kappa shape index (κ3) is 4.97. The van der Waals surface area contributed by atoms with Crippen LogP contribution in [0.2, 0.25) is 0 Å². The van der Waals surface area contributed by atoms with E-state index in [0.29, 0.717) is 23.0 Å². The molecule has 1 saturated heterocycles. The standard InChI is InChI=1S/C24H28N6O2/c1-16-14-22(28-27-16)24(32)26-18-6-4-17(5-7-18)23(31)25-19-8-10-20(11-9-19)30-13-12-21(15-30)29(2)3/h4-11,14,21H,12-13,15H2,1-3H3,(H,25,31)(H,26,32)(H,27,28). The Hall–Kier alpha value is -3.65. The first-order valence-corrected chi connectivity index (χ1v) is 10.7. The van der Waals surface area contributed by atoms with E-state index in [4.69, 9.17) is 0 Å². The summed E-state index contributed by atoms with van der Waals surface area (Å²) >= 11 is 0. The van der Waals surface area contributed by atoms with Crippen LogP contribution in [-0.2, 0) is 0 Å². The number of H-pyrrole nitrogens is 1. The summed E-state index contributed by atoms with van der Waals surface area (Å²) in [6.07, 6.45) is 1.16. The van der Waals surface area contributed by atoms with Gasteiger partial charge in [-0.15, -0.1) is 0 Å². The lowest BCUT2D eigenvalue weighted by Crippen LogP contribution is -2.31. The number of carbonyl (C=O) groups excluding carboxylic acids is 2. The van der Waals surface area contributed by atoms with Gasteiger partial charge in [-0.3, -0.25) is 14.7 Å². The van der Waals surface area contributed by atoms with Gasteiger partial charge >= 0.3 is 0 Å². The minimum absolute atomic E-state index is 0.201. The largest absolute Gasteiger partial charge is 0.370 e. The summed E-state index contributed by atoms with van der Waals surface area (Å²) in [6, 6.07) is 17.0. The molecular formula is C24H28N6O2. The third-order valence-corrected chi connectivity index (χ3v) is 5.73. The van der Waals surface area contributed by atoms with E-state index in [1.54, 1.807) is 30.3 Å². The van der Waals surface area contributed by atoms with Crippen LogP contribution in [0.4, 0.5) is 17.1 Å².